The van der Waals surface area contributed by atoms with Crippen molar-refractivity contribution in [3.05, 3.63) is 24.0 Å². The first kappa shape index (κ1) is 11.9. The van der Waals surface area contributed by atoms with Crippen molar-refractivity contribution in [3.63, 3.8) is 0 Å². The van der Waals surface area contributed by atoms with Gasteiger partial charge in [-0.2, -0.15) is 0 Å². The molecule has 1 aliphatic carbocycles. The smallest absolute Gasteiger partial charge is 0.272 e. The number of hydrogen-bond donors (Lipinski definition) is 1. The first-order valence-corrected chi connectivity index (χ1v) is 6.25. The second kappa shape index (κ2) is 5.17. The molecule has 1 aliphatic rings. The van der Waals surface area contributed by atoms with Crippen molar-refractivity contribution in [2.45, 2.75) is 38.6 Å². The van der Waals surface area contributed by atoms with Gasteiger partial charge in [-0.3, -0.25) is 4.79 Å². The second-order valence-corrected chi connectivity index (χ2v) is 4.56. The summed E-state index contributed by atoms with van der Waals surface area (Å²) in [6.07, 6.45) is 5.95. The van der Waals surface area contributed by atoms with Crippen molar-refractivity contribution in [1.29, 1.82) is 0 Å². The SMILES string of the molecule is CCCCN(C(=O)c1ccc(N)cn1)C1CC1. The van der Waals surface area contributed by atoms with Gasteiger partial charge in [0.15, 0.2) is 0 Å². The maximum absolute atomic E-state index is 12.3. The normalized spacial score (nSPS) is 14.6. The minimum Gasteiger partial charge on any atom is -0.397 e. The number of pyridine rings is 1. The summed E-state index contributed by atoms with van der Waals surface area (Å²) in [4.78, 5) is 18.3. The maximum atomic E-state index is 12.3. The standard InChI is InChI=1S/C13H19N3O/c1-2-3-8-16(11-5-6-11)13(17)12-7-4-10(14)9-15-12/h4,7,9,11H,2-3,5-6,8,14H2,1H3. The Labute approximate surface area is 102 Å². The van der Waals surface area contributed by atoms with E-state index in [0.29, 0.717) is 17.4 Å². The molecule has 0 saturated heterocycles. The van der Waals surface area contributed by atoms with E-state index >= 15 is 0 Å². The molecular formula is C13H19N3O. The molecule has 92 valence electrons. The van der Waals surface area contributed by atoms with E-state index in [1.165, 1.54) is 6.20 Å². The fourth-order valence-electron chi connectivity index (χ4n) is 1.84. The molecule has 0 aliphatic heterocycles. The van der Waals surface area contributed by atoms with Crippen LogP contribution in [0.4, 0.5) is 5.69 Å². The van der Waals surface area contributed by atoms with Crippen molar-refractivity contribution in [1.82, 2.24) is 9.88 Å². The Kier molecular flexibility index (Phi) is 3.61. The van der Waals surface area contributed by atoms with Crippen LogP contribution in [0.25, 0.3) is 0 Å². The van der Waals surface area contributed by atoms with Gasteiger partial charge in [0.25, 0.3) is 5.91 Å². The van der Waals surface area contributed by atoms with Crippen molar-refractivity contribution >= 4 is 11.6 Å². The molecule has 1 aromatic heterocycles. The average molecular weight is 233 g/mol. The Bertz CT molecular complexity index is 384. The monoisotopic (exact) mass is 233 g/mol. The molecule has 4 nitrogen and oxygen atoms in total. The first-order chi connectivity index (χ1) is 8.22. The molecule has 0 radical (unpaired) electrons. The van der Waals surface area contributed by atoms with E-state index in [-0.39, 0.29) is 5.91 Å². The fourth-order valence-corrected chi connectivity index (χ4v) is 1.84. The summed E-state index contributed by atoms with van der Waals surface area (Å²) in [6, 6.07) is 3.87. The molecule has 17 heavy (non-hydrogen) atoms. The minimum atomic E-state index is 0.0425. The Morgan fingerprint density at radius 2 is 2.29 bits per heavy atom. The number of nitrogens with two attached hydrogens (primary N) is 1. The summed E-state index contributed by atoms with van der Waals surface area (Å²) in [5.74, 6) is 0.0425. The Balaban J connectivity index is 2.07. The second-order valence-electron chi connectivity index (χ2n) is 4.56. The van der Waals surface area contributed by atoms with Crippen LogP contribution in [0.5, 0.6) is 0 Å². The molecule has 0 bridgehead atoms. The lowest BCUT2D eigenvalue weighted by Gasteiger charge is -2.21. The van der Waals surface area contributed by atoms with Gasteiger partial charge in [-0.25, -0.2) is 4.98 Å². The highest BCUT2D eigenvalue weighted by atomic mass is 16.2. The Morgan fingerprint density at radius 1 is 1.53 bits per heavy atom. The van der Waals surface area contributed by atoms with Crippen LogP contribution in [0.15, 0.2) is 18.3 Å². The van der Waals surface area contributed by atoms with Gasteiger partial charge in [-0.05, 0) is 31.4 Å². The molecule has 0 spiro atoms. The molecule has 4 heteroatoms. The molecule has 0 unspecified atom stereocenters. The van der Waals surface area contributed by atoms with Gasteiger partial charge in [-0.15, -0.1) is 0 Å². The van der Waals surface area contributed by atoms with Crippen LogP contribution in [0.1, 0.15) is 43.1 Å². The quantitative estimate of drug-likeness (QED) is 0.847. The Morgan fingerprint density at radius 3 is 2.82 bits per heavy atom. The molecule has 1 aromatic rings. The number of carbonyl (C=O) groups excluding carboxylic acids is 1. The summed E-state index contributed by atoms with van der Waals surface area (Å²) >= 11 is 0. The topological polar surface area (TPSA) is 59.2 Å². The van der Waals surface area contributed by atoms with Gasteiger partial charge in [0, 0.05) is 12.6 Å². The number of hydrogen-bond acceptors (Lipinski definition) is 3. The minimum absolute atomic E-state index is 0.0425. The first-order valence-electron chi connectivity index (χ1n) is 6.25. The van der Waals surface area contributed by atoms with Crippen molar-refractivity contribution < 1.29 is 4.79 Å². The van der Waals surface area contributed by atoms with Crippen molar-refractivity contribution in [3.8, 4) is 0 Å². The van der Waals surface area contributed by atoms with E-state index in [0.717, 1.165) is 32.2 Å². The van der Waals surface area contributed by atoms with Crippen molar-refractivity contribution in [2.75, 3.05) is 12.3 Å². The Hall–Kier alpha value is -1.58. The highest BCUT2D eigenvalue weighted by molar-refractivity contribution is 5.92. The van der Waals surface area contributed by atoms with Gasteiger partial charge in [0.2, 0.25) is 0 Å². The van der Waals surface area contributed by atoms with E-state index < -0.39 is 0 Å². The van der Waals surface area contributed by atoms with Gasteiger partial charge < -0.3 is 10.6 Å². The van der Waals surface area contributed by atoms with Crippen LogP contribution in [0.2, 0.25) is 0 Å². The highest BCUT2D eigenvalue weighted by Crippen LogP contribution is 2.28. The predicted molar refractivity (Wildman–Crippen MR) is 67.6 cm³/mol. The molecule has 1 saturated carbocycles. The fraction of sp³-hybridized carbons (Fsp3) is 0.538. The number of carbonyl (C=O) groups is 1. The van der Waals surface area contributed by atoms with Crippen molar-refractivity contribution in [2.24, 2.45) is 0 Å². The number of nitrogens with zero attached hydrogens (tertiary/aromatic N) is 2. The third kappa shape index (κ3) is 2.96. The lowest BCUT2D eigenvalue weighted by atomic mass is 10.2. The number of unbranched alkanes of at least 4 members (excludes halogenated alkanes) is 1. The van der Waals surface area contributed by atoms with Crippen LogP contribution in [-0.4, -0.2) is 28.4 Å². The molecule has 1 fully saturated rings. The summed E-state index contributed by atoms with van der Waals surface area (Å²) in [6.45, 7) is 2.98. The van der Waals surface area contributed by atoms with Gasteiger partial charge in [0.1, 0.15) is 5.69 Å². The van der Waals surface area contributed by atoms with E-state index in [4.69, 9.17) is 5.73 Å². The third-order valence-electron chi connectivity index (χ3n) is 3.01. The van der Waals surface area contributed by atoms with E-state index in [1.807, 2.05) is 4.90 Å². The molecule has 0 aromatic carbocycles. The molecule has 2 N–H and O–H groups in total. The summed E-state index contributed by atoms with van der Waals surface area (Å²) in [7, 11) is 0. The van der Waals surface area contributed by atoms with Crippen LogP contribution in [-0.2, 0) is 0 Å². The zero-order valence-electron chi connectivity index (χ0n) is 10.2. The summed E-state index contributed by atoms with van der Waals surface area (Å²) in [5.41, 5.74) is 6.66. The van der Waals surface area contributed by atoms with E-state index in [9.17, 15) is 4.79 Å². The highest BCUT2D eigenvalue weighted by Gasteiger charge is 2.32. The number of amides is 1. The number of anilines is 1. The molecule has 2 rings (SSSR count). The van der Waals surface area contributed by atoms with Crippen LogP contribution < -0.4 is 5.73 Å². The van der Waals surface area contributed by atoms with E-state index in [1.54, 1.807) is 12.1 Å². The van der Waals surface area contributed by atoms with Gasteiger partial charge in [-0.1, -0.05) is 13.3 Å². The molecule has 1 amide bonds. The molecular weight excluding hydrogens is 214 g/mol. The lowest BCUT2D eigenvalue weighted by molar-refractivity contribution is 0.0735. The largest absolute Gasteiger partial charge is 0.397 e. The predicted octanol–water partition coefficient (Wildman–Crippen LogP) is 2.07. The van der Waals surface area contributed by atoms with Crippen LogP contribution >= 0.6 is 0 Å². The zero-order valence-corrected chi connectivity index (χ0v) is 10.2. The number of rotatable bonds is 5. The lowest BCUT2D eigenvalue weighted by Crippen LogP contribution is -2.34. The van der Waals surface area contributed by atoms with Gasteiger partial charge >= 0.3 is 0 Å². The van der Waals surface area contributed by atoms with Gasteiger partial charge in [0.05, 0.1) is 11.9 Å². The number of nitrogen functional groups attached to an aromatic ring is 1. The number of aromatic nitrogens is 1. The van der Waals surface area contributed by atoms with Crippen LogP contribution in [0.3, 0.4) is 0 Å². The average Bonchev–Trinajstić information content (AvgIpc) is 3.14. The molecule has 0 atom stereocenters. The summed E-state index contributed by atoms with van der Waals surface area (Å²) < 4.78 is 0. The third-order valence-corrected chi connectivity index (χ3v) is 3.01. The zero-order chi connectivity index (χ0) is 12.3. The summed E-state index contributed by atoms with van der Waals surface area (Å²) in [5, 5.41) is 0. The van der Waals surface area contributed by atoms with E-state index in [2.05, 4.69) is 11.9 Å². The van der Waals surface area contributed by atoms with Crippen LogP contribution in [0, 0.1) is 0 Å². The maximum Gasteiger partial charge on any atom is 0.272 e. The molecule has 1 heterocycles.